The fraction of sp³-hybridized carbons (Fsp3) is 0.923. The number of aliphatic hydroxyl groups excluding tert-OH is 8. The lowest BCUT2D eigenvalue weighted by atomic mass is 9.81. The second-order valence-electron chi connectivity index (χ2n) is 5.66. The quantitative estimate of drug-likeness (QED) is 0.192. The second-order valence-corrected chi connectivity index (χ2v) is 5.66. The summed E-state index contributed by atoms with van der Waals surface area (Å²) >= 11 is 0. The van der Waals surface area contributed by atoms with Crippen LogP contribution in [0.25, 0.3) is 0 Å². The monoisotopic (exact) mass is 358 g/mol. The highest BCUT2D eigenvalue weighted by molar-refractivity contribution is 5.56. The van der Waals surface area contributed by atoms with Crippen molar-refractivity contribution in [3.8, 4) is 0 Å². The van der Waals surface area contributed by atoms with Crippen LogP contribution in [0.3, 0.4) is 0 Å². The minimum absolute atomic E-state index is 0. The molecule has 0 saturated heterocycles. The first-order valence-electron chi connectivity index (χ1n) is 7.19. The van der Waals surface area contributed by atoms with Crippen LogP contribution in [0, 0.1) is 5.92 Å². The number of carbonyl (C=O) groups is 1. The molecule has 0 aromatic heterocycles. The van der Waals surface area contributed by atoms with Gasteiger partial charge in [-0.05, 0) is 6.42 Å². The Kier molecular flexibility index (Phi) is 9.99. The van der Waals surface area contributed by atoms with Gasteiger partial charge in [0.05, 0.1) is 18.8 Å². The summed E-state index contributed by atoms with van der Waals surface area (Å²) in [5.41, 5.74) is 0. The first kappa shape index (κ1) is 23.3. The number of carbonyl (C=O) groups excluding carboxylic acids is 1. The number of ether oxygens (including phenoxy) is 1. The molecule has 0 aliphatic heterocycles. The molecule has 1 aliphatic carbocycles. The van der Waals surface area contributed by atoms with Crippen LogP contribution < -0.4 is 0 Å². The van der Waals surface area contributed by atoms with Crippen molar-refractivity contribution in [2.24, 2.45) is 5.92 Å². The molecule has 24 heavy (non-hydrogen) atoms. The molecular weight excluding hydrogens is 332 g/mol. The van der Waals surface area contributed by atoms with E-state index in [1.807, 2.05) is 0 Å². The van der Waals surface area contributed by atoms with Crippen LogP contribution in [0.2, 0.25) is 0 Å². The summed E-state index contributed by atoms with van der Waals surface area (Å²) in [6.07, 6.45) is -13.0. The van der Waals surface area contributed by atoms with Gasteiger partial charge >= 0.3 is 0 Å². The minimum Gasteiger partial charge on any atom is -0.412 e. The van der Waals surface area contributed by atoms with Gasteiger partial charge in [-0.1, -0.05) is 0 Å². The van der Waals surface area contributed by atoms with Gasteiger partial charge in [0.2, 0.25) is 0 Å². The van der Waals surface area contributed by atoms with Crippen molar-refractivity contribution in [1.82, 2.24) is 0 Å². The van der Waals surface area contributed by atoms with Crippen LogP contribution in [0.4, 0.5) is 0 Å². The van der Waals surface area contributed by atoms with E-state index in [4.69, 9.17) is 9.84 Å². The third kappa shape index (κ3) is 5.13. The van der Waals surface area contributed by atoms with Gasteiger partial charge in [-0.25, -0.2) is 0 Å². The molecule has 0 amide bonds. The van der Waals surface area contributed by atoms with E-state index in [0.717, 1.165) is 0 Å². The third-order valence-electron chi connectivity index (χ3n) is 4.06. The number of hydrogen-bond donors (Lipinski definition) is 8. The van der Waals surface area contributed by atoms with Gasteiger partial charge < -0.3 is 55.9 Å². The predicted octanol–water partition coefficient (Wildman–Crippen LogP) is -5.72. The Hall–Kier alpha value is -0.730. The summed E-state index contributed by atoms with van der Waals surface area (Å²) in [5, 5.41) is 76.4. The molecule has 0 heterocycles. The van der Waals surface area contributed by atoms with E-state index >= 15 is 0 Å². The smallest absolute Gasteiger partial charge is 0.151 e. The maximum absolute atomic E-state index is 10.5. The maximum Gasteiger partial charge on any atom is 0.151 e. The Morgan fingerprint density at radius 3 is 2.08 bits per heavy atom. The Bertz CT molecular complexity index is 366. The largest absolute Gasteiger partial charge is 0.412 e. The molecule has 0 radical (unpaired) electrons. The predicted molar refractivity (Wildman–Crippen MR) is 76.7 cm³/mol. The lowest BCUT2D eigenvalue weighted by Crippen LogP contribution is -2.58. The van der Waals surface area contributed by atoms with E-state index < -0.39 is 68.0 Å². The molecule has 11 nitrogen and oxygen atoms in total. The van der Waals surface area contributed by atoms with Crippen molar-refractivity contribution in [1.29, 1.82) is 0 Å². The molecule has 1 aliphatic rings. The normalized spacial score (nSPS) is 35.4. The van der Waals surface area contributed by atoms with E-state index in [9.17, 15) is 40.5 Å². The average molecular weight is 358 g/mol. The van der Waals surface area contributed by atoms with Crippen molar-refractivity contribution in [3.05, 3.63) is 0 Å². The van der Waals surface area contributed by atoms with Crippen LogP contribution in [-0.4, -0.2) is 115 Å². The lowest BCUT2D eigenvalue weighted by molar-refractivity contribution is -0.223. The molecule has 0 aromatic rings. The molecule has 9 atom stereocenters. The van der Waals surface area contributed by atoms with Gasteiger partial charge in [-0.2, -0.15) is 0 Å². The fourth-order valence-corrected chi connectivity index (χ4v) is 2.58. The number of aldehydes is 1. The highest BCUT2D eigenvalue weighted by Crippen LogP contribution is 2.29. The van der Waals surface area contributed by atoms with Crippen LogP contribution in [0.1, 0.15) is 6.42 Å². The summed E-state index contributed by atoms with van der Waals surface area (Å²) in [5.74, 6) is -0.821. The van der Waals surface area contributed by atoms with E-state index in [1.165, 1.54) is 0 Å². The van der Waals surface area contributed by atoms with Crippen LogP contribution in [0.15, 0.2) is 0 Å². The van der Waals surface area contributed by atoms with E-state index in [1.54, 1.807) is 0 Å². The van der Waals surface area contributed by atoms with Crippen LogP contribution >= 0.6 is 0 Å². The lowest BCUT2D eigenvalue weighted by Gasteiger charge is -2.42. The SMILES string of the molecule is O.O=C[C@H](O)[C@@H](O)[C@H](O[C@H]1C[C@H](CO)[C@@H](O)[C@H](O)[C@H]1O)[C@H](O)CO. The highest BCUT2D eigenvalue weighted by Gasteiger charge is 2.45. The summed E-state index contributed by atoms with van der Waals surface area (Å²) in [6.45, 7) is -1.36. The Morgan fingerprint density at radius 1 is 1.04 bits per heavy atom. The molecule has 0 aromatic carbocycles. The first-order chi connectivity index (χ1) is 10.8. The summed E-state index contributed by atoms with van der Waals surface area (Å²) in [4.78, 5) is 10.5. The Labute approximate surface area is 137 Å². The third-order valence-corrected chi connectivity index (χ3v) is 4.06. The summed E-state index contributed by atoms with van der Waals surface area (Å²) < 4.78 is 5.28. The first-order valence-corrected chi connectivity index (χ1v) is 7.19. The molecular formula is C13H26O11. The minimum atomic E-state index is -1.90. The van der Waals surface area contributed by atoms with Gasteiger partial charge in [0, 0.05) is 12.5 Å². The average Bonchev–Trinajstić information content (AvgIpc) is 2.57. The molecule has 1 fully saturated rings. The fourth-order valence-electron chi connectivity index (χ4n) is 2.58. The van der Waals surface area contributed by atoms with Crippen LogP contribution in [0.5, 0.6) is 0 Å². The molecule has 0 bridgehead atoms. The van der Waals surface area contributed by atoms with E-state index in [0.29, 0.717) is 0 Å². The van der Waals surface area contributed by atoms with Gasteiger partial charge in [0.25, 0.3) is 0 Å². The van der Waals surface area contributed by atoms with Gasteiger partial charge in [0.1, 0.15) is 36.6 Å². The number of rotatable bonds is 8. The number of aliphatic hydroxyl groups is 8. The van der Waals surface area contributed by atoms with Crippen molar-refractivity contribution < 1.29 is 55.9 Å². The second kappa shape index (κ2) is 10.3. The Morgan fingerprint density at radius 2 is 1.62 bits per heavy atom. The Balaban J connectivity index is 0.00000529. The van der Waals surface area contributed by atoms with Crippen molar-refractivity contribution in [3.63, 3.8) is 0 Å². The topological polar surface area (TPSA) is 220 Å². The molecule has 144 valence electrons. The highest BCUT2D eigenvalue weighted by atomic mass is 16.5. The zero-order valence-corrected chi connectivity index (χ0v) is 12.8. The van der Waals surface area contributed by atoms with Gasteiger partial charge in [0.15, 0.2) is 6.29 Å². The summed E-state index contributed by atoms with van der Waals surface area (Å²) in [7, 11) is 0. The maximum atomic E-state index is 10.5. The standard InChI is InChI=1S/C13H24O10.H2O/c14-2-5-1-8(11(21)12(22)9(5)19)23-13(7(18)4-16)10(20)6(17)3-15;/h3,5-14,16-22H,1-2,4H2;1H2/t5-,6+,7-,8+,9-,10-,11+,12+,13-;/m1./s1. The molecule has 0 spiro atoms. The van der Waals surface area contributed by atoms with Crippen LogP contribution in [-0.2, 0) is 9.53 Å². The van der Waals surface area contributed by atoms with Gasteiger partial charge in [-0.15, -0.1) is 0 Å². The van der Waals surface area contributed by atoms with Crippen molar-refractivity contribution in [2.45, 2.75) is 55.3 Å². The zero-order chi connectivity index (χ0) is 17.7. The van der Waals surface area contributed by atoms with E-state index in [2.05, 4.69) is 0 Å². The molecule has 1 rings (SSSR count). The van der Waals surface area contributed by atoms with Gasteiger partial charge in [-0.3, -0.25) is 0 Å². The summed E-state index contributed by atoms with van der Waals surface area (Å²) in [6, 6.07) is 0. The molecule has 1 saturated carbocycles. The van der Waals surface area contributed by atoms with Crippen molar-refractivity contribution in [2.75, 3.05) is 13.2 Å². The molecule has 10 N–H and O–H groups in total. The van der Waals surface area contributed by atoms with Crippen molar-refractivity contribution >= 4 is 6.29 Å². The zero-order valence-electron chi connectivity index (χ0n) is 12.8. The van der Waals surface area contributed by atoms with E-state index in [-0.39, 0.29) is 18.2 Å². The molecule has 11 heteroatoms. The molecule has 0 unspecified atom stereocenters. The number of hydrogen-bond acceptors (Lipinski definition) is 10.